The van der Waals surface area contributed by atoms with Crippen molar-refractivity contribution < 1.29 is 9.52 Å². The Labute approximate surface area is 90.3 Å². The smallest absolute Gasteiger partial charge is 0.169 e. The molecule has 1 aromatic carbocycles. The lowest BCUT2D eigenvalue weighted by atomic mass is 10.1. The summed E-state index contributed by atoms with van der Waals surface area (Å²) in [5.74, 6) is 0.545. The van der Waals surface area contributed by atoms with E-state index in [9.17, 15) is 5.11 Å². The third kappa shape index (κ3) is 1.89. The molecule has 72 valence electrons. The molecule has 0 saturated carbocycles. The zero-order valence-corrected chi connectivity index (χ0v) is 8.94. The van der Waals surface area contributed by atoms with E-state index in [2.05, 4.69) is 15.9 Å². The van der Waals surface area contributed by atoms with Crippen LogP contribution in [0.5, 0.6) is 0 Å². The third-order valence-electron chi connectivity index (χ3n) is 1.98. The number of aliphatic hydroxyl groups is 1. The fraction of sp³-hybridized carbons (Fsp3) is 0.0909. The molecule has 0 aliphatic carbocycles. The van der Waals surface area contributed by atoms with E-state index < -0.39 is 6.10 Å². The second-order valence-electron chi connectivity index (χ2n) is 2.96. The summed E-state index contributed by atoms with van der Waals surface area (Å²) in [4.78, 5) is 0. The molecule has 0 aliphatic rings. The van der Waals surface area contributed by atoms with Gasteiger partial charge in [-0.05, 0) is 33.6 Å². The van der Waals surface area contributed by atoms with Gasteiger partial charge in [0, 0.05) is 0 Å². The summed E-state index contributed by atoms with van der Waals surface area (Å²) < 4.78 is 5.89. The molecule has 2 aromatic rings. The molecule has 2 nitrogen and oxygen atoms in total. The van der Waals surface area contributed by atoms with Crippen molar-refractivity contribution in [3.63, 3.8) is 0 Å². The van der Waals surface area contributed by atoms with Gasteiger partial charge in [-0.3, -0.25) is 0 Å². The van der Waals surface area contributed by atoms with E-state index in [1.165, 1.54) is 0 Å². The first-order valence-electron chi connectivity index (χ1n) is 4.25. The number of furan rings is 1. The summed E-state index contributed by atoms with van der Waals surface area (Å²) in [6.07, 6.45) is -0.692. The monoisotopic (exact) mass is 252 g/mol. The lowest BCUT2D eigenvalue weighted by Gasteiger charge is -2.06. The highest BCUT2D eigenvalue weighted by molar-refractivity contribution is 9.10. The Kier molecular flexibility index (Phi) is 2.70. The maximum Gasteiger partial charge on any atom is 0.169 e. The number of hydrogen-bond acceptors (Lipinski definition) is 2. The van der Waals surface area contributed by atoms with Gasteiger partial charge in [-0.15, -0.1) is 0 Å². The van der Waals surface area contributed by atoms with Crippen molar-refractivity contribution in [3.8, 4) is 0 Å². The molecule has 0 radical (unpaired) electrons. The lowest BCUT2D eigenvalue weighted by molar-refractivity contribution is 0.187. The highest BCUT2D eigenvalue weighted by Crippen LogP contribution is 2.25. The Hall–Kier alpha value is -1.06. The zero-order valence-electron chi connectivity index (χ0n) is 7.35. The molecule has 0 fully saturated rings. The molecule has 0 bridgehead atoms. The van der Waals surface area contributed by atoms with Crippen LogP contribution in [-0.2, 0) is 0 Å². The number of aliphatic hydroxyl groups excluding tert-OH is 1. The van der Waals surface area contributed by atoms with Gasteiger partial charge in [0.05, 0.1) is 0 Å². The minimum absolute atomic E-state index is 0.545. The fourth-order valence-electron chi connectivity index (χ4n) is 1.27. The van der Waals surface area contributed by atoms with Crippen molar-refractivity contribution in [1.29, 1.82) is 0 Å². The van der Waals surface area contributed by atoms with Crippen LogP contribution in [0.25, 0.3) is 0 Å². The largest absolute Gasteiger partial charge is 0.451 e. The zero-order chi connectivity index (χ0) is 9.97. The Morgan fingerprint density at radius 1 is 1.07 bits per heavy atom. The van der Waals surface area contributed by atoms with Crippen molar-refractivity contribution in [1.82, 2.24) is 0 Å². The molecule has 3 heteroatoms. The van der Waals surface area contributed by atoms with E-state index in [1.54, 1.807) is 12.1 Å². The van der Waals surface area contributed by atoms with Crippen LogP contribution in [0.2, 0.25) is 0 Å². The molecule has 0 spiro atoms. The molecule has 0 aliphatic heterocycles. The molecule has 1 N–H and O–H groups in total. The first-order chi connectivity index (χ1) is 6.77. The average Bonchev–Trinajstić information content (AvgIpc) is 2.65. The first kappa shape index (κ1) is 9.49. The number of halogens is 1. The van der Waals surface area contributed by atoms with Crippen LogP contribution >= 0.6 is 15.9 Å². The molecule has 1 atom stereocenters. The lowest BCUT2D eigenvalue weighted by Crippen LogP contribution is -1.96. The van der Waals surface area contributed by atoms with Crippen molar-refractivity contribution in [2.24, 2.45) is 0 Å². The van der Waals surface area contributed by atoms with Crippen LogP contribution in [0.3, 0.4) is 0 Å². The molecule has 1 heterocycles. The van der Waals surface area contributed by atoms with Crippen LogP contribution < -0.4 is 0 Å². The summed E-state index contributed by atoms with van der Waals surface area (Å²) in [6, 6.07) is 12.9. The topological polar surface area (TPSA) is 33.4 Å². The van der Waals surface area contributed by atoms with Crippen LogP contribution in [-0.4, -0.2) is 5.11 Å². The molecule has 1 aromatic heterocycles. The van der Waals surface area contributed by atoms with Crippen molar-refractivity contribution in [3.05, 3.63) is 58.5 Å². The van der Waals surface area contributed by atoms with Gasteiger partial charge < -0.3 is 9.52 Å². The maximum atomic E-state index is 9.89. The summed E-state index contributed by atoms with van der Waals surface area (Å²) >= 11 is 3.20. The highest BCUT2D eigenvalue weighted by Gasteiger charge is 2.13. The normalized spacial score (nSPS) is 12.7. The Morgan fingerprint density at radius 2 is 1.79 bits per heavy atom. The Bertz CT molecular complexity index is 408. The second kappa shape index (κ2) is 3.98. The number of rotatable bonds is 2. The predicted molar refractivity (Wildman–Crippen MR) is 56.9 cm³/mol. The summed E-state index contributed by atoms with van der Waals surface area (Å²) in [5.41, 5.74) is 0.828. The van der Waals surface area contributed by atoms with Crippen molar-refractivity contribution in [2.45, 2.75) is 6.10 Å². The van der Waals surface area contributed by atoms with E-state index in [-0.39, 0.29) is 0 Å². The quantitative estimate of drug-likeness (QED) is 0.891. The van der Waals surface area contributed by atoms with Crippen LogP contribution in [0.1, 0.15) is 17.4 Å². The number of hydrogen-bond donors (Lipinski definition) is 1. The maximum absolute atomic E-state index is 9.89. The van der Waals surface area contributed by atoms with E-state index in [0.29, 0.717) is 10.4 Å². The Morgan fingerprint density at radius 3 is 2.36 bits per heavy atom. The van der Waals surface area contributed by atoms with E-state index in [1.807, 2.05) is 30.3 Å². The third-order valence-corrected chi connectivity index (χ3v) is 2.41. The molecular formula is C11H9BrO2. The molecular weight excluding hydrogens is 244 g/mol. The Balaban J connectivity index is 2.29. The van der Waals surface area contributed by atoms with E-state index in [4.69, 9.17) is 4.42 Å². The second-order valence-corrected chi connectivity index (χ2v) is 3.74. The minimum Gasteiger partial charge on any atom is -0.451 e. The van der Waals surface area contributed by atoms with Crippen LogP contribution in [0.15, 0.2) is 51.6 Å². The van der Waals surface area contributed by atoms with Crippen molar-refractivity contribution >= 4 is 15.9 Å². The molecule has 0 amide bonds. The first-order valence-corrected chi connectivity index (χ1v) is 5.05. The van der Waals surface area contributed by atoms with E-state index in [0.717, 1.165) is 5.56 Å². The van der Waals surface area contributed by atoms with Gasteiger partial charge >= 0.3 is 0 Å². The van der Waals surface area contributed by atoms with Crippen LogP contribution in [0.4, 0.5) is 0 Å². The van der Waals surface area contributed by atoms with Gasteiger partial charge in [-0.1, -0.05) is 30.3 Å². The summed E-state index contributed by atoms with van der Waals surface area (Å²) in [7, 11) is 0. The van der Waals surface area contributed by atoms with Gasteiger partial charge in [0.1, 0.15) is 11.9 Å². The molecule has 1 unspecified atom stereocenters. The standard InChI is InChI=1S/C11H9BrO2/c12-10-7-6-9(14-10)11(13)8-4-2-1-3-5-8/h1-7,11,13H. The van der Waals surface area contributed by atoms with Gasteiger partial charge in [0.15, 0.2) is 4.67 Å². The summed E-state index contributed by atoms with van der Waals surface area (Å²) in [6.45, 7) is 0. The fourth-order valence-corrected chi connectivity index (χ4v) is 1.59. The van der Waals surface area contributed by atoms with Crippen molar-refractivity contribution in [2.75, 3.05) is 0 Å². The summed E-state index contributed by atoms with van der Waals surface area (Å²) in [5, 5.41) is 9.89. The molecule has 14 heavy (non-hydrogen) atoms. The average molecular weight is 253 g/mol. The van der Waals surface area contributed by atoms with Gasteiger partial charge in [-0.25, -0.2) is 0 Å². The molecule has 2 rings (SSSR count). The number of benzene rings is 1. The highest BCUT2D eigenvalue weighted by atomic mass is 79.9. The van der Waals surface area contributed by atoms with E-state index >= 15 is 0 Å². The van der Waals surface area contributed by atoms with Gasteiger partial charge in [-0.2, -0.15) is 0 Å². The minimum atomic E-state index is -0.692. The van der Waals surface area contributed by atoms with Crippen LogP contribution in [0, 0.1) is 0 Å². The SMILES string of the molecule is OC(c1ccccc1)c1ccc(Br)o1. The predicted octanol–water partition coefficient (Wildman–Crippen LogP) is 3.12. The van der Waals surface area contributed by atoms with Gasteiger partial charge in [0.25, 0.3) is 0 Å². The van der Waals surface area contributed by atoms with Gasteiger partial charge in [0.2, 0.25) is 0 Å². The molecule has 0 saturated heterocycles.